The first kappa shape index (κ1) is 13.7. The lowest BCUT2D eigenvalue weighted by atomic mass is 9.94. The molecular formula is C11H17N2O3S+. The van der Waals surface area contributed by atoms with Crippen LogP contribution in [0.5, 0.6) is 0 Å². The smallest absolute Gasteiger partial charge is 0.416 e. The number of rotatable bonds is 2. The number of thiophene rings is 1. The predicted octanol–water partition coefficient (Wildman–Crippen LogP) is 1.61. The van der Waals surface area contributed by atoms with Crippen LogP contribution < -0.4 is 11.1 Å². The largest absolute Gasteiger partial charge is 0.465 e. The van der Waals surface area contributed by atoms with Crippen LogP contribution in [0.2, 0.25) is 0 Å². The molecule has 0 fully saturated rings. The molecule has 0 saturated carbocycles. The normalized spacial score (nSPS) is 11.1. The Morgan fingerprint density at radius 2 is 2.00 bits per heavy atom. The molecule has 0 spiro atoms. The van der Waals surface area contributed by atoms with Gasteiger partial charge in [0.2, 0.25) is 0 Å². The maximum Gasteiger partial charge on any atom is 0.416 e. The fourth-order valence-electron chi connectivity index (χ4n) is 1.24. The highest BCUT2D eigenvalue weighted by Gasteiger charge is 2.24. The average molecular weight is 257 g/mol. The highest BCUT2D eigenvalue weighted by molar-refractivity contribution is 7.16. The van der Waals surface area contributed by atoms with E-state index in [-0.39, 0.29) is 5.41 Å². The van der Waals surface area contributed by atoms with Gasteiger partial charge in [-0.05, 0) is 11.5 Å². The SMILES string of the molecule is COC(=O)c1cc(C(C)(C)C)sc1NC([NH3+])=O. The summed E-state index contributed by atoms with van der Waals surface area (Å²) in [5, 5.41) is 3.04. The second-order valence-corrected chi connectivity index (χ2v) is 5.70. The van der Waals surface area contributed by atoms with Crippen molar-refractivity contribution in [2.75, 3.05) is 12.4 Å². The Labute approximate surface area is 104 Å². The molecule has 0 aromatic carbocycles. The number of ether oxygens (including phenoxy) is 1. The Morgan fingerprint density at radius 1 is 1.41 bits per heavy atom. The van der Waals surface area contributed by atoms with Gasteiger partial charge in [0.05, 0.1) is 12.7 Å². The van der Waals surface area contributed by atoms with Gasteiger partial charge in [0.15, 0.2) is 0 Å². The van der Waals surface area contributed by atoms with Gasteiger partial charge in [-0.15, -0.1) is 11.3 Å². The molecule has 0 radical (unpaired) electrons. The first-order valence-electron chi connectivity index (χ1n) is 5.11. The van der Waals surface area contributed by atoms with Crippen molar-refractivity contribution in [1.82, 2.24) is 0 Å². The van der Waals surface area contributed by atoms with Gasteiger partial charge in [-0.25, -0.2) is 9.59 Å². The van der Waals surface area contributed by atoms with Crippen molar-refractivity contribution < 1.29 is 20.1 Å². The van der Waals surface area contributed by atoms with Crippen molar-refractivity contribution in [2.24, 2.45) is 0 Å². The van der Waals surface area contributed by atoms with Gasteiger partial charge in [-0.2, -0.15) is 0 Å². The lowest BCUT2D eigenvalue weighted by molar-refractivity contribution is -0.242. The van der Waals surface area contributed by atoms with E-state index in [0.717, 1.165) is 4.88 Å². The van der Waals surface area contributed by atoms with E-state index in [1.54, 1.807) is 6.07 Å². The molecule has 1 rings (SSSR count). The number of carbonyl (C=O) groups is 2. The van der Waals surface area contributed by atoms with Gasteiger partial charge in [0, 0.05) is 4.88 Å². The molecule has 94 valence electrons. The number of methoxy groups -OCH3 is 1. The minimum Gasteiger partial charge on any atom is -0.465 e. The fraction of sp³-hybridized carbons (Fsp3) is 0.455. The molecule has 0 aliphatic carbocycles. The maximum absolute atomic E-state index is 11.6. The molecular weight excluding hydrogens is 240 g/mol. The predicted molar refractivity (Wildman–Crippen MR) is 66.3 cm³/mol. The molecule has 0 atom stereocenters. The zero-order valence-electron chi connectivity index (χ0n) is 10.4. The first-order valence-corrected chi connectivity index (χ1v) is 5.93. The van der Waals surface area contributed by atoms with E-state index in [0.29, 0.717) is 10.6 Å². The molecule has 0 aliphatic heterocycles. The highest BCUT2D eigenvalue weighted by Crippen LogP contribution is 2.36. The van der Waals surface area contributed by atoms with Crippen molar-refractivity contribution in [2.45, 2.75) is 26.2 Å². The Hall–Kier alpha value is -1.40. The van der Waals surface area contributed by atoms with Crippen LogP contribution in [0.4, 0.5) is 9.80 Å². The van der Waals surface area contributed by atoms with Crippen molar-refractivity contribution in [3.05, 3.63) is 16.5 Å². The number of esters is 1. The number of urea groups is 1. The van der Waals surface area contributed by atoms with E-state index in [4.69, 9.17) is 0 Å². The number of hydrogen-bond acceptors (Lipinski definition) is 4. The van der Waals surface area contributed by atoms with E-state index in [2.05, 4.69) is 15.8 Å². The average Bonchev–Trinajstić information content (AvgIpc) is 2.59. The van der Waals surface area contributed by atoms with Gasteiger partial charge in [-0.1, -0.05) is 20.8 Å². The lowest BCUT2D eigenvalue weighted by Crippen LogP contribution is -2.59. The van der Waals surface area contributed by atoms with E-state index in [1.807, 2.05) is 20.8 Å². The molecule has 2 amide bonds. The number of quaternary nitrogens is 1. The third kappa shape index (κ3) is 3.28. The minimum atomic E-state index is -0.458. The van der Waals surface area contributed by atoms with E-state index in [1.165, 1.54) is 18.4 Å². The second-order valence-electron chi connectivity index (χ2n) is 4.64. The van der Waals surface area contributed by atoms with E-state index in [9.17, 15) is 9.59 Å². The first-order chi connectivity index (χ1) is 7.75. The molecule has 1 aromatic rings. The van der Waals surface area contributed by atoms with Gasteiger partial charge < -0.3 is 4.74 Å². The second kappa shape index (κ2) is 4.85. The van der Waals surface area contributed by atoms with Gasteiger partial charge in [0.25, 0.3) is 0 Å². The summed E-state index contributed by atoms with van der Waals surface area (Å²) in [5.41, 5.74) is 3.52. The van der Waals surface area contributed by atoms with E-state index < -0.39 is 12.0 Å². The Morgan fingerprint density at radius 3 is 2.41 bits per heavy atom. The highest BCUT2D eigenvalue weighted by atomic mass is 32.1. The molecule has 0 unspecified atom stereocenters. The third-order valence-electron chi connectivity index (χ3n) is 2.13. The van der Waals surface area contributed by atoms with Crippen LogP contribution in [0, 0.1) is 0 Å². The molecule has 0 aliphatic rings. The summed E-state index contributed by atoms with van der Waals surface area (Å²) in [6, 6.07) is 1.30. The van der Waals surface area contributed by atoms with Gasteiger partial charge in [0.1, 0.15) is 5.00 Å². The topological polar surface area (TPSA) is 83.0 Å². The van der Waals surface area contributed by atoms with Crippen LogP contribution in [-0.4, -0.2) is 19.1 Å². The lowest BCUT2D eigenvalue weighted by Gasteiger charge is -2.15. The summed E-state index contributed by atoms with van der Waals surface area (Å²) in [5.74, 6) is -0.458. The molecule has 1 heterocycles. The van der Waals surface area contributed by atoms with Crippen LogP contribution in [-0.2, 0) is 10.2 Å². The van der Waals surface area contributed by atoms with Crippen LogP contribution in [0.15, 0.2) is 6.07 Å². The standard InChI is InChI=1S/C11H16N2O3S/c1-11(2,3)7-5-6(9(14)16-4)8(17-7)13-10(12)15/h5H,1-4H3,(H3,12,13,15)/p+1. The minimum absolute atomic E-state index is 0.0857. The molecule has 0 bridgehead atoms. The van der Waals surface area contributed by atoms with Crippen molar-refractivity contribution in [1.29, 1.82) is 0 Å². The molecule has 0 saturated heterocycles. The van der Waals surface area contributed by atoms with Crippen LogP contribution in [0.3, 0.4) is 0 Å². The van der Waals surface area contributed by atoms with Crippen LogP contribution in [0.1, 0.15) is 36.0 Å². The number of carbonyl (C=O) groups excluding carboxylic acids is 2. The van der Waals surface area contributed by atoms with Gasteiger partial charge in [-0.3, -0.25) is 11.1 Å². The fourth-order valence-corrected chi connectivity index (χ4v) is 2.36. The summed E-state index contributed by atoms with van der Waals surface area (Å²) >= 11 is 1.37. The number of anilines is 1. The molecule has 6 heteroatoms. The molecule has 4 N–H and O–H groups in total. The van der Waals surface area contributed by atoms with Crippen molar-refractivity contribution in [3.8, 4) is 0 Å². The van der Waals surface area contributed by atoms with Crippen LogP contribution >= 0.6 is 11.3 Å². The molecule has 5 nitrogen and oxygen atoms in total. The number of nitrogens with one attached hydrogen (secondary N) is 1. The maximum atomic E-state index is 11.6. The summed E-state index contributed by atoms with van der Waals surface area (Å²) in [7, 11) is 1.31. The Balaban J connectivity index is 3.21. The summed E-state index contributed by atoms with van der Waals surface area (Å²) in [6.07, 6.45) is 0. The third-order valence-corrected chi connectivity index (χ3v) is 3.61. The van der Waals surface area contributed by atoms with Gasteiger partial charge >= 0.3 is 12.0 Å². The zero-order valence-corrected chi connectivity index (χ0v) is 11.2. The molecule has 17 heavy (non-hydrogen) atoms. The van der Waals surface area contributed by atoms with Crippen LogP contribution in [0.25, 0.3) is 0 Å². The Bertz CT molecular complexity index is 446. The van der Waals surface area contributed by atoms with Crippen molar-refractivity contribution in [3.63, 3.8) is 0 Å². The monoisotopic (exact) mass is 257 g/mol. The zero-order chi connectivity index (χ0) is 13.2. The number of amides is 2. The van der Waals surface area contributed by atoms with Crippen molar-refractivity contribution >= 4 is 28.3 Å². The molecule has 1 aromatic heterocycles. The quantitative estimate of drug-likeness (QED) is 0.789. The number of hydrogen-bond donors (Lipinski definition) is 2. The summed E-state index contributed by atoms with van der Waals surface area (Å²) in [4.78, 5) is 23.5. The summed E-state index contributed by atoms with van der Waals surface area (Å²) in [6.45, 7) is 6.11. The summed E-state index contributed by atoms with van der Waals surface area (Å²) < 4.78 is 4.68. The van der Waals surface area contributed by atoms with E-state index >= 15 is 0 Å². The Kier molecular flexibility index (Phi) is 3.90.